The van der Waals surface area contributed by atoms with Crippen molar-refractivity contribution in [2.75, 3.05) is 31.7 Å². The monoisotopic (exact) mass is 616 g/mol. The summed E-state index contributed by atoms with van der Waals surface area (Å²) in [6.45, 7) is 19.9. The molecule has 1 N–H and O–H groups in total. The second kappa shape index (κ2) is 12.4. The van der Waals surface area contributed by atoms with E-state index in [0.29, 0.717) is 37.4 Å². The summed E-state index contributed by atoms with van der Waals surface area (Å²) in [7, 11) is -2.53. The van der Waals surface area contributed by atoms with Crippen molar-refractivity contribution < 1.29 is 27.5 Å². The summed E-state index contributed by atoms with van der Waals surface area (Å²) >= 11 is 0. The molecule has 2 aliphatic heterocycles. The third kappa shape index (κ3) is 7.27. The quantitative estimate of drug-likeness (QED) is 0.301. The number of amides is 1. The molecule has 232 valence electrons. The van der Waals surface area contributed by atoms with Gasteiger partial charge in [0.2, 0.25) is 5.91 Å². The highest BCUT2D eigenvalue weighted by molar-refractivity contribution is 6.74. The number of ether oxygens (including phenoxy) is 2. The minimum absolute atomic E-state index is 0.0477. The molecule has 7 nitrogen and oxygen atoms in total. The number of methoxy groups -OCH3 is 1. The van der Waals surface area contributed by atoms with E-state index in [9.17, 15) is 4.79 Å². The van der Waals surface area contributed by atoms with Gasteiger partial charge in [-0.1, -0.05) is 32.9 Å². The van der Waals surface area contributed by atoms with Gasteiger partial charge in [-0.3, -0.25) is 4.79 Å². The van der Waals surface area contributed by atoms with Crippen molar-refractivity contribution >= 4 is 28.2 Å². The fourth-order valence-electron chi connectivity index (χ4n) is 5.51. The molecular weight excluding hydrogens is 568 g/mol. The molecule has 1 fully saturated rings. The van der Waals surface area contributed by atoms with Crippen LogP contribution in [0.15, 0.2) is 36.4 Å². The minimum atomic E-state index is -2.12. The summed E-state index contributed by atoms with van der Waals surface area (Å²) in [5.74, 6) is 0.804. The van der Waals surface area contributed by atoms with Gasteiger partial charge in [-0.15, -0.1) is 0 Å². The Morgan fingerprint density at radius 2 is 1.74 bits per heavy atom. The second-order valence-electron chi connectivity index (χ2n) is 14.1. The van der Waals surface area contributed by atoms with Crippen LogP contribution in [0.4, 0.5) is 10.1 Å². The summed E-state index contributed by atoms with van der Waals surface area (Å²) in [4.78, 5) is 14.6. The number of hydrogen-bond donors (Lipinski definition) is 1. The Morgan fingerprint density at radius 3 is 2.36 bits per heavy atom. The molecule has 10 heteroatoms. The SMILES string of the molecule is COc1ccc(CN2C(=O)CCc3c(OC[C@@]4(O[Si](C)(C)C)CCNC[C@@H]4O[Si](C)(C)C(C)(C)C)ccc(F)c32)cc1. The minimum Gasteiger partial charge on any atom is -0.497 e. The predicted octanol–water partition coefficient (Wildman–Crippen LogP) is 6.67. The normalized spacial score (nSPS) is 21.7. The van der Waals surface area contributed by atoms with Gasteiger partial charge in [0.1, 0.15) is 29.5 Å². The number of nitrogens with one attached hydrogen (secondary N) is 1. The highest BCUT2D eigenvalue weighted by Gasteiger charge is 2.50. The zero-order valence-corrected chi connectivity index (χ0v) is 28.9. The van der Waals surface area contributed by atoms with Crippen molar-refractivity contribution in [2.24, 2.45) is 0 Å². The maximum Gasteiger partial charge on any atom is 0.227 e. The number of halogens is 1. The standard InChI is InChI=1S/C32H49FN2O5Si2/c1-31(2,3)42(8,9)39-28-20-34-19-18-32(28,40-41(5,6)7)22-38-27-16-15-26(33)30-25(27)14-17-29(36)35(30)21-23-10-12-24(37-4)13-11-23/h10-13,15-16,28,34H,14,17-22H2,1-9H3/t28-,32-/m0/s1. The number of fused-ring (bicyclic) bond motifs is 1. The molecule has 0 spiro atoms. The lowest BCUT2D eigenvalue weighted by molar-refractivity contribution is -0.119. The van der Waals surface area contributed by atoms with Crippen LogP contribution in [0.1, 0.15) is 44.7 Å². The summed E-state index contributed by atoms with van der Waals surface area (Å²) in [5.41, 5.74) is 1.28. The van der Waals surface area contributed by atoms with Crippen LogP contribution in [-0.2, 0) is 26.6 Å². The van der Waals surface area contributed by atoms with Gasteiger partial charge < -0.3 is 28.5 Å². The molecular formula is C32H49FN2O5Si2. The molecule has 0 unspecified atom stereocenters. The fourth-order valence-corrected chi connectivity index (χ4v) is 8.39. The smallest absolute Gasteiger partial charge is 0.227 e. The van der Waals surface area contributed by atoms with Crippen LogP contribution >= 0.6 is 0 Å². The predicted molar refractivity (Wildman–Crippen MR) is 171 cm³/mol. The van der Waals surface area contributed by atoms with Gasteiger partial charge in [0.05, 0.1) is 25.4 Å². The number of hydrogen-bond acceptors (Lipinski definition) is 6. The van der Waals surface area contributed by atoms with Crippen LogP contribution < -0.4 is 19.7 Å². The number of carbonyl (C=O) groups is 1. The van der Waals surface area contributed by atoms with Crippen LogP contribution in [0.5, 0.6) is 11.5 Å². The molecule has 0 bridgehead atoms. The number of benzene rings is 2. The molecule has 0 aliphatic carbocycles. The average Bonchev–Trinajstić information content (AvgIpc) is 2.90. The van der Waals surface area contributed by atoms with Gasteiger partial charge in [0.25, 0.3) is 0 Å². The maximum absolute atomic E-state index is 15.4. The van der Waals surface area contributed by atoms with Gasteiger partial charge in [0, 0.05) is 18.5 Å². The molecule has 4 rings (SSSR count). The van der Waals surface area contributed by atoms with E-state index in [1.807, 2.05) is 24.3 Å². The Hall–Kier alpha value is -2.25. The van der Waals surface area contributed by atoms with Gasteiger partial charge in [-0.05, 0) is 87.0 Å². The lowest BCUT2D eigenvalue weighted by atomic mass is 9.90. The zero-order valence-electron chi connectivity index (χ0n) is 26.9. The van der Waals surface area contributed by atoms with Crippen LogP contribution in [0.25, 0.3) is 0 Å². The van der Waals surface area contributed by atoms with Gasteiger partial charge in [-0.2, -0.15) is 0 Å². The second-order valence-corrected chi connectivity index (χ2v) is 23.3. The summed E-state index contributed by atoms with van der Waals surface area (Å²) in [6.07, 6.45) is 1.29. The Labute approximate surface area is 253 Å². The van der Waals surface area contributed by atoms with Crippen molar-refractivity contribution in [3.05, 3.63) is 53.3 Å². The molecule has 2 atom stereocenters. The van der Waals surface area contributed by atoms with E-state index in [1.54, 1.807) is 18.1 Å². The topological polar surface area (TPSA) is 69.3 Å². The van der Waals surface area contributed by atoms with Gasteiger partial charge in [-0.25, -0.2) is 4.39 Å². The number of piperidine rings is 1. The molecule has 2 aromatic carbocycles. The first-order valence-electron chi connectivity index (χ1n) is 15.0. The van der Waals surface area contributed by atoms with Crippen molar-refractivity contribution in [2.45, 2.75) is 96.1 Å². The number of anilines is 1. The number of nitrogens with zero attached hydrogens (tertiary/aromatic N) is 1. The summed E-state index contributed by atoms with van der Waals surface area (Å²) in [5, 5.41) is 3.57. The van der Waals surface area contributed by atoms with E-state index in [4.69, 9.17) is 18.3 Å². The van der Waals surface area contributed by atoms with E-state index in [1.165, 1.54) is 6.07 Å². The van der Waals surface area contributed by atoms with Gasteiger partial charge in [0.15, 0.2) is 16.6 Å². The molecule has 2 heterocycles. The molecule has 0 saturated carbocycles. The largest absolute Gasteiger partial charge is 0.497 e. The van der Waals surface area contributed by atoms with Crippen molar-refractivity contribution in [1.82, 2.24) is 5.32 Å². The molecule has 0 aromatic heterocycles. The highest BCUT2D eigenvalue weighted by Crippen LogP contribution is 2.42. The first-order chi connectivity index (χ1) is 19.6. The Bertz CT molecular complexity index is 1260. The Morgan fingerprint density at radius 1 is 1.05 bits per heavy atom. The van der Waals surface area contributed by atoms with Crippen molar-refractivity contribution in [3.8, 4) is 11.5 Å². The van der Waals surface area contributed by atoms with Crippen LogP contribution in [0.2, 0.25) is 37.8 Å². The lowest BCUT2D eigenvalue weighted by Crippen LogP contribution is -2.65. The molecule has 2 aliphatic rings. The maximum atomic E-state index is 15.4. The molecule has 2 aromatic rings. The van der Waals surface area contributed by atoms with E-state index in [-0.39, 0.29) is 23.6 Å². The third-order valence-electron chi connectivity index (χ3n) is 8.72. The summed E-state index contributed by atoms with van der Waals surface area (Å²) in [6, 6.07) is 10.6. The van der Waals surface area contributed by atoms with Crippen LogP contribution in [-0.4, -0.2) is 61.1 Å². The molecule has 1 saturated heterocycles. The Kier molecular flexibility index (Phi) is 9.64. The number of carbonyl (C=O) groups excluding carboxylic acids is 1. The first kappa shape index (κ1) is 32.7. The third-order valence-corrected chi connectivity index (χ3v) is 14.2. The zero-order chi connectivity index (χ0) is 30.9. The van der Waals surface area contributed by atoms with Crippen LogP contribution in [0.3, 0.4) is 0 Å². The number of rotatable bonds is 10. The molecule has 0 radical (unpaired) electrons. The lowest BCUT2D eigenvalue weighted by Gasteiger charge is -2.51. The fraction of sp³-hybridized carbons (Fsp3) is 0.594. The van der Waals surface area contributed by atoms with Gasteiger partial charge >= 0.3 is 0 Å². The van der Waals surface area contributed by atoms with E-state index in [0.717, 1.165) is 29.8 Å². The summed E-state index contributed by atoms with van der Waals surface area (Å²) < 4.78 is 41.3. The highest BCUT2D eigenvalue weighted by atomic mass is 28.4. The van der Waals surface area contributed by atoms with Crippen molar-refractivity contribution in [3.63, 3.8) is 0 Å². The van der Waals surface area contributed by atoms with Crippen molar-refractivity contribution in [1.29, 1.82) is 0 Å². The Balaban J connectivity index is 1.65. The first-order valence-corrected chi connectivity index (χ1v) is 21.3. The average molecular weight is 617 g/mol. The molecule has 42 heavy (non-hydrogen) atoms. The van der Waals surface area contributed by atoms with E-state index < -0.39 is 28.1 Å². The van der Waals surface area contributed by atoms with Crippen LogP contribution in [0, 0.1) is 5.82 Å². The van der Waals surface area contributed by atoms with E-state index in [2.05, 4.69) is 58.8 Å². The molecule has 1 amide bonds. The van der Waals surface area contributed by atoms with E-state index >= 15 is 4.39 Å².